The van der Waals surface area contributed by atoms with Gasteiger partial charge in [-0.05, 0) is 35.9 Å². The predicted molar refractivity (Wildman–Crippen MR) is 113 cm³/mol. The van der Waals surface area contributed by atoms with E-state index < -0.39 is 6.09 Å². The average Bonchev–Trinajstić information content (AvgIpc) is 2.78. The van der Waals surface area contributed by atoms with E-state index in [2.05, 4.69) is 15.6 Å². The van der Waals surface area contributed by atoms with Crippen LogP contribution in [0.3, 0.4) is 0 Å². The van der Waals surface area contributed by atoms with Gasteiger partial charge in [0.1, 0.15) is 12.4 Å². The summed E-state index contributed by atoms with van der Waals surface area (Å²) in [6.45, 7) is 0.348. The number of rotatable bonds is 7. The SMILES string of the molecule is COc1cncc(COC(=O)NCc2ccc(C(=O)Nc3ccccc3N)cc2)c1. The maximum absolute atomic E-state index is 12.3. The standard InChI is InChI=1S/C22H22N4O4/c1-29-18-10-16(11-24-13-18)14-30-22(28)25-12-15-6-8-17(9-7-15)21(27)26-20-5-3-2-4-19(20)23/h2-11,13H,12,14,23H2,1H3,(H,25,28)(H,26,27). The van der Waals surface area contributed by atoms with Crippen molar-refractivity contribution < 1.29 is 19.1 Å². The number of nitrogens with two attached hydrogens (primary N) is 1. The van der Waals surface area contributed by atoms with Gasteiger partial charge in [0.15, 0.2) is 0 Å². The third-order valence-electron chi connectivity index (χ3n) is 4.24. The number of anilines is 2. The van der Waals surface area contributed by atoms with Crippen LogP contribution in [0.5, 0.6) is 5.75 Å². The number of aromatic nitrogens is 1. The first-order valence-corrected chi connectivity index (χ1v) is 9.18. The van der Waals surface area contributed by atoms with Crippen molar-refractivity contribution in [1.29, 1.82) is 0 Å². The average molecular weight is 406 g/mol. The number of hydrogen-bond acceptors (Lipinski definition) is 6. The van der Waals surface area contributed by atoms with Crippen molar-refractivity contribution in [1.82, 2.24) is 10.3 Å². The summed E-state index contributed by atoms with van der Waals surface area (Å²) >= 11 is 0. The molecule has 2 aromatic carbocycles. The van der Waals surface area contributed by atoms with Crippen molar-refractivity contribution in [3.63, 3.8) is 0 Å². The quantitative estimate of drug-likeness (QED) is 0.518. The molecular formula is C22H22N4O4. The predicted octanol–water partition coefficient (Wildman–Crippen LogP) is 3.35. The van der Waals surface area contributed by atoms with E-state index in [-0.39, 0.29) is 19.1 Å². The van der Waals surface area contributed by atoms with Gasteiger partial charge in [0.05, 0.1) is 24.7 Å². The lowest BCUT2D eigenvalue weighted by Gasteiger charge is -2.09. The third-order valence-corrected chi connectivity index (χ3v) is 4.24. The zero-order valence-electron chi connectivity index (χ0n) is 16.4. The Morgan fingerprint density at radius 3 is 2.53 bits per heavy atom. The van der Waals surface area contributed by atoms with Crippen LogP contribution in [0.2, 0.25) is 0 Å². The zero-order chi connectivity index (χ0) is 21.3. The van der Waals surface area contributed by atoms with E-state index >= 15 is 0 Å². The van der Waals surface area contributed by atoms with Gasteiger partial charge >= 0.3 is 6.09 Å². The van der Waals surface area contributed by atoms with Crippen LogP contribution in [0.15, 0.2) is 67.0 Å². The minimum absolute atomic E-state index is 0.0811. The van der Waals surface area contributed by atoms with Crippen molar-refractivity contribution in [3.8, 4) is 5.75 Å². The van der Waals surface area contributed by atoms with Crippen LogP contribution in [0.4, 0.5) is 16.2 Å². The molecule has 0 fully saturated rings. The van der Waals surface area contributed by atoms with Gasteiger partial charge < -0.3 is 25.8 Å². The van der Waals surface area contributed by atoms with Crippen LogP contribution in [-0.2, 0) is 17.9 Å². The fraction of sp³-hybridized carbons (Fsp3) is 0.136. The third kappa shape index (κ3) is 5.71. The monoisotopic (exact) mass is 406 g/mol. The second-order valence-corrected chi connectivity index (χ2v) is 6.40. The van der Waals surface area contributed by atoms with Crippen molar-refractivity contribution in [2.45, 2.75) is 13.2 Å². The van der Waals surface area contributed by atoms with Gasteiger partial charge in [-0.15, -0.1) is 0 Å². The highest BCUT2D eigenvalue weighted by Crippen LogP contribution is 2.18. The molecule has 0 aliphatic rings. The Hall–Kier alpha value is -4.07. The number of amides is 2. The number of carbonyl (C=O) groups is 2. The molecule has 0 atom stereocenters. The molecule has 4 N–H and O–H groups in total. The van der Waals surface area contributed by atoms with Crippen molar-refractivity contribution in [2.75, 3.05) is 18.2 Å². The smallest absolute Gasteiger partial charge is 0.407 e. The molecule has 3 rings (SSSR count). The van der Waals surface area contributed by atoms with Gasteiger partial charge in [-0.3, -0.25) is 9.78 Å². The first kappa shape index (κ1) is 20.7. The number of methoxy groups -OCH3 is 1. The minimum atomic E-state index is -0.556. The molecule has 0 saturated carbocycles. The van der Waals surface area contributed by atoms with Crippen LogP contribution in [0.25, 0.3) is 0 Å². The number of alkyl carbamates (subject to hydrolysis) is 1. The molecule has 0 aliphatic heterocycles. The van der Waals surface area contributed by atoms with Gasteiger partial charge in [0.25, 0.3) is 5.91 Å². The van der Waals surface area contributed by atoms with Gasteiger partial charge in [-0.25, -0.2) is 4.79 Å². The number of nitrogens with zero attached hydrogens (tertiary/aromatic N) is 1. The van der Waals surface area contributed by atoms with Gasteiger partial charge in [-0.2, -0.15) is 0 Å². The number of benzene rings is 2. The van der Waals surface area contributed by atoms with Crippen LogP contribution < -0.4 is 21.1 Å². The molecule has 1 aromatic heterocycles. The molecule has 0 saturated heterocycles. The number of pyridine rings is 1. The van der Waals surface area contributed by atoms with E-state index in [1.165, 1.54) is 0 Å². The molecule has 0 spiro atoms. The lowest BCUT2D eigenvalue weighted by atomic mass is 10.1. The van der Waals surface area contributed by atoms with Crippen LogP contribution in [0.1, 0.15) is 21.5 Å². The van der Waals surface area contributed by atoms with E-state index in [0.29, 0.717) is 22.7 Å². The fourth-order valence-corrected chi connectivity index (χ4v) is 2.61. The summed E-state index contributed by atoms with van der Waals surface area (Å²) in [5.74, 6) is 0.328. The lowest BCUT2D eigenvalue weighted by Crippen LogP contribution is -2.23. The molecule has 1 heterocycles. The second kappa shape index (κ2) is 9.92. The van der Waals surface area contributed by atoms with Crippen LogP contribution in [0, 0.1) is 0 Å². The highest BCUT2D eigenvalue weighted by Gasteiger charge is 2.09. The normalized spacial score (nSPS) is 10.2. The van der Waals surface area contributed by atoms with E-state index in [9.17, 15) is 9.59 Å². The van der Waals surface area contributed by atoms with E-state index in [4.69, 9.17) is 15.2 Å². The molecule has 0 unspecified atom stereocenters. The topological polar surface area (TPSA) is 116 Å². The summed E-state index contributed by atoms with van der Waals surface area (Å²) in [7, 11) is 1.54. The Balaban J connectivity index is 1.47. The summed E-state index contributed by atoms with van der Waals surface area (Å²) in [5, 5.41) is 5.43. The van der Waals surface area contributed by atoms with E-state index in [1.807, 2.05) is 0 Å². The first-order chi connectivity index (χ1) is 14.5. The van der Waals surface area contributed by atoms with Crippen molar-refractivity contribution in [2.24, 2.45) is 0 Å². The summed E-state index contributed by atoms with van der Waals surface area (Å²) in [6, 6.07) is 15.7. The maximum Gasteiger partial charge on any atom is 0.407 e. The Bertz CT molecular complexity index is 1020. The number of hydrogen-bond donors (Lipinski definition) is 3. The number of nitrogens with one attached hydrogen (secondary N) is 2. The molecule has 8 heteroatoms. The first-order valence-electron chi connectivity index (χ1n) is 9.18. The summed E-state index contributed by atoms with van der Waals surface area (Å²) in [5.41, 5.74) is 8.92. The van der Waals surface area contributed by atoms with E-state index in [1.54, 1.807) is 74.1 Å². The second-order valence-electron chi connectivity index (χ2n) is 6.40. The number of nitrogen functional groups attached to an aromatic ring is 1. The molecule has 2 amide bonds. The fourth-order valence-electron chi connectivity index (χ4n) is 2.61. The maximum atomic E-state index is 12.3. The molecule has 3 aromatic rings. The number of ether oxygens (including phenoxy) is 2. The number of carbonyl (C=O) groups excluding carboxylic acids is 2. The zero-order valence-corrected chi connectivity index (χ0v) is 16.4. The van der Waals surface area contributed by atoms with E-state index in [0.717, 1.165) is 11.1 Å². The Labute approximate surface area is 174 Å². The minimum Gasteiger partial charge on any atom is -0.495 e. The molecular weight excluding hydrogens is 384 g/mol. The lowest BCUT2D eigenvalue weighted by molar-refractivity contribution is 0.102. The molecule has 30 heavy (non-hydrogen) atoms. The van der Waals surface area contributed by atoms with Crippen molar-refractivity contribution in [3.05, 3.63) is 83.7 Å². The molecule has 0 aliphatic carbocycles. The Morgan fingerprint density at radius 2 is 1.80 bits per heavy atom. The Morgan fingerprint density at radius 1 is 1.03 bits per heavy atom. The molecule has 0 radical (unpaired) electrons. The van der Waals surface area contributed by atoms with Crippen molar-refractivity contribution >= 4 is 23.4 Å². The van der Waals surface area contributed by atoms with Crippen LogP contribution in [-0.4, -0.2) is 24.1 Å². The highest BCUT2D eigenvalue weighted by molar-refractivity contribution is 6.05. The largest absolute Gasteiger partial charge is 0.495 e. The number of para-hydroxylation sites is 2. The van der Waals surface area contributed by atoms with Gasteiger partial charge in [-0.1, -0.05) is 24.3 Å². The molecule has 8 nitrogen and oxygen atoms in total. The highest BCUT2D eigenvalue weighted by atomic mass is 16.5. The summed E-state index contributed by atoms with van der Waals surface area (Å²) in [4.78, 5) is 28.2. The molecule has 154 valence electrons. The Kier molecular flexibility index (Phi) is 6.83. The molecule has 0 bridgehead atoms. The van der Waals surface area contributed by atoms with Crippen LogP contribution >= 0.6 is 0 Å². The van der Waals surface area contributed by atoms with Gasteiger partial charge in [0, 0.05) is 23.9 Å². The summed E-state index contributed by atoms with van der Waals surface area (Å²) < 4.78 is 10.2. The van der Waals surface area contributed by atoms with Gasteiger partial charge in [0.2, 0.25) is 0 Å². The summed E-state index contributed by atoms with van der Waals surface area (Å²) in [6.07, 6.45) is 2.62.